The van der Waals surface area contributed by atoms with Crippen molar-refractivity contribution in [1.29, 1.82) is 0 Å². The lowest BCUT2D eigenvalue weighted by Crippen LogP contribution is -2.39. The molecule has 5 rings (SSSR count). The van der Waals surface area contributed by atoms with Gasteiger partial charge in [-0.1, -0.05) is 6.07 Å². The van der Waals surface area contributed by atoms with E-state index in [2.05, 4.69) is 16.0 Å². The predicted molar refractivity (Wildman–Crippen MR) is 111 cm³/mol. The summed E-state index contributed by atoms with van der Waals surface area (Å²) in [7, 11) is 0. The molecule has 1 aromatic carbocycles. The Morgan fingerprint density at radius 2 is 1.89 bits per heavy atom. The van der Waals surface area contributed by atoms with Crippen molar-refractivity contribution in [2.75, 3.05) is 18.0 Å². The number of nitrogens with two attached hydrogens (primary N) is 1. The van der Waals surface area contributed by atoms with Crippen molar-refractivity contribution in [2.45, 2.75) is 25.8 Å². The van der Waals surface area contributed by atoms with Gasteiger partial charge in [-0.2, -0.15) is 0 Å². The quantitative estimate of drug-likeness (QED) is 0.582. The Bertz CT molecular complexity index is 1230. The van der Waals surface area contributed by atoms with Gasteiger partial charge in [0.1, 0.15) is 5.52 Å². The van der Waals surface area contributed by atoms with Crippen LogP contribution in [-0.2, 0) is 0 Å². The van der Waals surface area contributed by atoms with E-state index in [-0.39, 0.29) is 11.6 Å². The molecule has 2 N–H and O–H groups in total. The SMILES string of the molecule is Cc1nc2ccc(-c3cc(=O)n4cc(N5CCC(N)CC5)ccc4c3)cc2o1. The molecule has 1 aliphatic rings. The third-order valence-electron chi connectivity index (χ3n) is 5.52. The molecule has 4 aromatic rings. The second-order valence-corrected chi connectivity index (χ2v) is 7.50. The van der Waals surface area contributed by atoms with Crippen LogP contribution in [0.1, 0.15) is 18.7 Å². The number of pyridine rings is 2. The molecule has 6 heteroatoms. The highest BCUT2D eigenvalue weighted by molar-refractivity contribution is 5.81. The molecule has 1 aliphatic heterocycles. The second kappa shape index (κ2) is 6.49. The van der Waals surface area contributed by atoms with E-state index < -0.39 is 0 Å². The zero-order valence-corrected chi connectivity index (χ0v) is 15.8. The molecule has 0 bridgehead atoms. The van der Waals surface area contributed by atoms with Crippen LogP contribution >= 0.6 is 0 Å². The van der Waals surface area contributed by atoms with Gasteiger partial charge in [-0.3, -0.25) is 9.20 Å². The number of benzene rings is 1. The Labute approximate surface area is 162 Å². The van der Waals surface area contributed by atoms with E-state index in [0.29, 0.717) is 5.89 Å². The minimum absolute atomic E-state index is 0.0445. The number of hydrogen-bond acceptors (Lipinski definition) is 5. The largest absolute Gasteiger partial charge is 0.441 e. The van der Waals surface area contributed by atoms with Gasteiger partial charge >= 0.3 is 0 Å². The Kier molecular flexibility index (Phi) is 3.94. The normalized spacial score (nSPS) is 15.6. The molecule has 0 amide bonds. The number of anilines is 1. The van der Waals surface area contributed by atoms with Crippen LogP contribution in [0.5, 0.6) is 0 Å². The fraction of sp³-hybridized carbons (Fsp3) is 0.273. The Balaban J connectivity index is 1.54. The number of rotatable bonds is 2. The van der Waals surface area contributed by atoms with Crippen molar-refractivity contribution in [1.82, 2.24) is 9.38 Å². The zero-order valence-electron chi connectivity index (χ0n) is 15.8. The third kappa shape index (κ3) is 2.96. The summed E-state index contributed by atoms with van der Waals surface area (Å²) in [5, 5.41) is 0. The summed E-state index contributed by atoms with van der Waals surface area (Å²) in [6, 6.07) is 13.9. The first-order chi connectivity index (χ1) is 13.6. The van der Waals surface area contributed by atoms with Crippen LogP contribution in [0.2, 0.25) is 0 Å². The van der Waals surface area contributed by atoms with Crippen molar-refractivity contribution in [3.63, 3.8) is 0 Å². The van der Waals surface area contributed by atoms with Crippen LogP contribution in [0, 0.1) is 6.92 Å². The third-order valence-corrected chi connectivity index (χ3v) is 5.52. The molecule has 142 valence electrons. The first-order valence-corrected chi connectivity index (χ1v) is 9.61. The van der Waals surface area contributed by atoms with Crippen LogP contribution < -0.4 is 16.2 Å². The van der Waals surface area contributed by atoms with Gasteiger partial charge in [-0.25, -0.2) is 4.98 Å². The van der Waals surface area contributed by atoms with E-state index >= 15 is 0 Å². The van der Waals surface area contributed by atoms with Gasteiger partial charge in [0.15, 0.2) is 11.5 Å². The molecule has 1 saturated heterocycles. The van der Waals surface area contributed by atoms with E-state index in [1.165, 1.54) is 0 Å². The topological polar surface area (TPSA) is 76.8 Å². The Hall–Kier alpha value is -3.12. The van der Waals surface area contributed by atoms with E-state index in [1.54, 1.807) is 10.5 Å². The lowest BCUT2D eigenvalue weighted by atomic mass is 10.0. The number of nitrogens with zero attached hydrogens (tertiary/aromatic N) is 3. The van der Waals surface area contributed by atoms with E-state index in [4.69, 9.17) is 10.2 Å². The van der Waals surface area contributed by atoms with Crippen LogP contribution in [0.25, 0.3) is 27.7 Å². The Morgan fingerprint density at radius 1 is 1.07 bits per heavy atom. The van der Waals surface area contributed by atoms with Gasteiger partial charge in [0.25, 0.3) is 5.56 Å². The maximum atomic E-state index is 12.8. The van der Waals surface area contributed by atoms with Gasteiger partial charge in [-0.15, -0.1) is 0 Å². The maximum absolute atomic E-state index is 12.8. The molecule has 0 aliphatic carbocycles. The standard InChI is InChI=1S/C22H22N4O2/c1-14-24-20-5-2-15(11-21(20)28-14)16-10-18-3-4-19(13-26(18)22(27)12-16)25-8-6-17(23)7-9-25/h2-5,10-13,17H,6-9,23H2,1H3. The highest BCUT2D eigenvalue weighted by atomic mass is 16.3. The summed E-state index contributed by atoms with van der Waals surface area (Å²) >= 11 is 0. The lowest BCUT2D eigenvalue weighted by Gasteiger charge is -2.32. The molecule has 0 atom stereocenters. The minimum atomic E-state index is -0.0445. The van der Waals surface area contributed by atoms with Crippen molar-refractivity contribution < 1.29 is 4.42 Å². The fourth-order valence-electron chi connectivity index (χ4n) is 3.94. The van der Waals surface area contributed by atoms with Crippen molar-refractivity contribution >= 4 is 22.3 Å². The number of oxazole rings is 1. The highest BCUT2D eigenvalue weighted by Crippen LogP contribution is 2.26. The summed E-state index contributed by atoms with van der Waals surface area (Å²) in [6.07, 6.45) is 3.90. The first kappa shape index (κ1) is 17.0. The molecular weight excluding hydrogens is 352 g/mol. The molecule has 0 radical (unpaired) electrons. The summed E-state index contributed by atoms with van der Waals surface area (Å²) in [6.45, 7) is 3.68. The molecule has 0 saturated carbocycles. The smallest absolute Gasteiger partial charge is 0.255 e. The van der Waals surface area contributed by atoms with Gasteiger partial charge in [0.2, 0.25) is 0 Å². The predicted octanol–water partition coefficient (Wildman–Crippen LogP) is 3.34. The van der Waals surface area contributed by atoms with E-state index in [9.17, 15) is 4.79 Å². The van der Waals surface area contributed by atoms with Gasteiger partial charge in [0.05, 0.1) is 5.69 Å². The molecule has 0 spiro atoms. The lowest BCUT2D eigenvalue weighted by molar-refractivity contribution is 0.501. The van der Waals surface area contributed by atoms with Crippen LogP contribution in [0.15, 0.2) is 57.9 Å². The van der Waals surface area contributed by atoms with Gasteiger partial charge in [-0.05, 0) is 54.3 Å². The zero-order chi connectivity index (χ0) is 19.3. The number of hydrogen-bond donors (Lipinski definition) is 1. The summed E-state index contributed by atoms with van der Waals surface area (Å²) in [5.41, 5.74) is 11.3. The monoisotopic (exact) mass is 374 g/mol. The average Bonchev–Trinajstić information content (AvgIpc) is 3.07. The van der Waals surface area contributed by atoms with Gasteiger partial charge < -0.3 is 15.1 Å². The number of aromatic nitrogens is 2. The molecule has 1 fully saturated rings. The molecule has 4 heterocycles. The molecule has 6 nitrogen and oxygen atoms in total. The minimum Gasteiger partial charge on any atom is -0.441 e. The molecule has 0 unspecified atom stereocenters. The van der Waals surface area contributed by atoms with Crippen molar-refractivity contribution in [2.24, 2.45) is 5.73 Å². The van der Waals surface area contributed by atoms with Crippen LogP contribution in [-0.4, -0.2) is 28.5 Å². The molecular formula is C22H22N4O2. The molecule has 3 aromatic heterocycles. The number of fused-ring (bicyclic) bond motifs is 2. The van der Waals surface area contributed by atoms with E-state index in [1.807, 2.05) is 43.5 Å². The fourth-order valence-corrected chi connectivity index (χ4v) is 3.94. The van der Waals surface area contributed by atoms with Crippen molar-refractivity contribution in [3.8, 4) is 11.1 Å². The first-order valence-electron chi connectivity index (χ1n) is 9.61. The number of piperidine rings is 1. The average molecular weight is 374 g/mol. The van der Waals surface area contributed by atoms with Crippen LogP contribution in [0.3, 0.4) is 0 Å². The van der Waals surface area contributed by atoms with E-state index in [0.717, 1.165) is 59.4 Å². The van der Waals surface area contributed by atoms with Crippen molar-refractivity contribution in [3.05, 3.63) is 64.9 Å². The summed E-state index contributed by atoms with van der Waals surface area (Å²) < 4.78 is 7.34. The number of aryl methyl sites for hydroxylation is 1. The maximum Gasteiger partial charge on any atom is 0.255 e. The highest BCUT2D eigenvalue weighted by Gasteiger charge is 2.17. The Morgan fingerprint density at radius 3 is 2.71 bits per heavy atom. The summed E-state index contributed by atoms with van der Waals surface area (Å²) in [4.78, 5) is 19.4. The second-order valence-electron chi connectivity index (χ2n) is 7.50. The summed E-state index contributed by atoms with van der Waals surface area (Å²) in [5.74, 6) is 0.636. The van der Waals surface area contributed by atoms with Gasteiger partial charge in [0, 0.05) is 43.8 Å². The van der Waals surface area contributed by atoms with Crippen LogP contribution in [0.4, 0.5) is 5.69 Å². The molecule has 28 heavy (non-hydrogen) atoms.